The summed E-state index contributed by atoms with van der Waals surface area (Å²) in [4.78, 5) is 0. The largest absolute Gasteiger partial charge is 1.00 e. The van der Waals surface area contributed by atoms with E-state index in [0.29, 0.717) is 0 Å². The van der Waals surface area contributed by atoms with Gasteiger partial charge in [-0.25, -0.2) is 4.57 Å². The van der Waals surface area contributed by atoms with Crippen LogP contribution in [0.5, 0.6) is 0 Å². The minimum atomic E-state index is 0. The van der Waals surface area contributed by atoms with E-state index in [1.807, 2.05) is 12.1 Å². The van der Waals surface area contributed by atoms with Gasteiger partial charge in [0, 0.05) is 17.7 Å². The molecule has 0 atom stereocenters. The maximum Gasteiger partial charge on any atom is 0.173 e. The number of benzene rings is 2. The molecular weight excluding hydrogens is 278 g/mol. The second kappa shape index (κ2) is 8.23. The summed E-state index contributed by atoms with van der Waals surface area (Å²) < 4.78 is 2.20. The van der Waals surface area contributed by atoms with Gasteiger partial charge in [-0.15, -0.1) is 0 Å². The first-order chi connectivity index (χ1) is 9.42. The Morgan fingerprint density at radius 1 is 0.619 bits per heavy atom. The third kappa shape index (κ3) is 4.44. The van der Waals surface area contributed by atoms with Gasteiger partial charge >= 0.3 is 0 Å². The smallest absolute Gasteiger partial charge is 0.173 e. The zero-order valence-electron chi connectivity index (χ0n) is 11.1. The highest BCUT2D eigenvalue weighted by molar-refractivity contribution is 5.61. The molecule has 0 saturated heterocycles. The Hall–Kier alpha value is -2.12. The molecule has 1 nitrogen and oxygen atoms in total. The lowest BCUT2D eigenvalue weighted by molar-refractivity contribution is -0.688. The van der Waals surface area contributed by atoms with Gasteiger partial charge in [0.1, 0.15) is 0 Å². The molecule has 0 spiro atoms. The first-order valence-corrected chi connectivity index (χ1v) is 6.50. The van der Waals surface area contributed by atoms with Crippen LogP contribution in [0.2, 0.25) is 0 Å². The maximum atomic E-state index is 2.20. The molecule has 3 rings (SSSR count). The van der Waals surface area contributed by atoms with E-state index in [1.165, 1.54) is 16.7 Å². The molecule has 0 N–H and O–H groups in total. The van der Waals surface area contributed by atoms with Crippen LogP contribution in [-0.4, -0.2) is 0 Å². The SMILES string of the molecule is C.[Cl-].c1ccc(C[n+]2ccc(-c3ccccc3)cc2)cc1. The van der Waals surface area contributed by atoms with Crippen LogP contribution in [0.15, 0.2) is 85.2 Å². The van der Waals surface area contributed by atoms with Crippen molar-refractivity contribution >= 4 is 0 Å². The van der Waals surface area contributed by atoms with Crippen LogP contribution in [0.3, 0.4) is 0 Å². The fourth-order valence-electron chi connectivity index (χ4n) is 2.18. The van der Waals surface area contributed by atoms with Crippen molar-refractivity contribution in [3.05, 3.63) is 90.8 Å². The van der Waals surface area contributed by atoms with Gasteiger partial charge in [0.15, 0.2) is 18.9 Å². The first kappa shape index (κ1) is 16.9. The highest BCUT2D eigenvalue weighted by Gasteiger charge is 2.03. The molecule has 1 aromatic heterocycles. The van der Waals surface area contributed by atoms with Gasteiger partial charge in [0.2, 0.25) is 0 Å². The highest BCUT2D eigenvalue weighted by Crippen LogP contribution is 2.16. The summed E-state index contributed by atoms with van der Waals surface area (Å²) >= 11 is 0. The predicted octanol–water partition coefficient (Wildman–Crippen LogP) is 1.33. The van der Waals surface area contributed by atoms with Crippen molar-refractivity contribution in [2.24, 2.45) is 0 Å². The molecule has 0 bridgehead atoms. The number of nitrogens with zero attached hydrogens (tertiary/aromatic N) is 1. The summed E-state index contributed by atoms with van der Waals surface area (Å²) in [5.74, 6) is 0. The van der Waals surface area contributed by atoms with Gasteiger partial charge in [-0.2, -0.15) is 0 Å². The van der Waals surface area contributed by atoms with Gasteiger partial charge in [-0.3, -0.25) is 0 Å². The van der Waals surface area contributed by atoms with Crippen LogP contribution in [0.1, 0.15) is 13.0 Å². The number of pyridine rings is 1. The molecule has 0 radical (unpaired) electrons. The number of aromatic nitrogens is 1. The van der Waals surface area contributed by atoms with E-state index in [-0.39, 0.29) is 19.8 Å². The van der Waals surface area contributed by atoms with E-state index in [0.717, 1.165) is 6.54 Å². The molecule has 0 amide bonds. The normalized spacial score (nSPS) is 9.33. The Kier molecular flexibility index (Phi) is 6.64. The molecule has 0 aliphatic rings. The van der Waals surface area contributed by atoms with Crippen LogP contribution in [-0.2, 0) is 6.54 Å². The predicted molar refractivity (Wildman–Crippen MR) is 84.3 cm³/mol. The van der Waals surface area contributed by atoms with Crippen LogP contribution >= 0.6 is 0 Å². The van der Waals surface area contributed by atoms with Gasteiger partial charge in [-0.05, 0) is 11.1 Å². The molecule has 3 aromatic rings. The summed E-state index contributed by atoms with van der Waals surface area (Å²) in [6.45, 7) is 0.913. The lowest BCUT2D eigenvalue weighted by Crippen LogP contribution is -3.00. The molecule has 0 aliphatic heterocycles. The molecule has 0 aliphatic carbocycles. The zero-order valence-corrected chi connectivity index (χ0v) is 11.9. The molecule has 108 valence electrons. The second-order valence-corrected chi connectivity index (χ2v) is 4.61. The van der Waals surface area contributed by atoms with Crippen LogP contribution in [0, 0.1) is 0 Å². The van der Waals surface area contributed by atoms with Crippen molar-refractivity contribution in [3.63, 3.8) is 0 Å². The fourth-order valence-corrected chi connectivity index (χ4v) is 2.18. The van der Waals surface area contributed by atoms with E-state index in [9.17, 15) is 0 Å². The van der Waals surface area contributed by atoms with Crippen molar-refractivity contribution in [3.8, 4) is 11.1 Å². The second-order valence-electron chi connectivity index (χ2n) is 4.61. The topological polar surface area (TPSA) is 3.88 Å². The molecule has 2 heteroatoms. The summed E-state index contributed by atoms with van der Waals surface area (Å²) in [6, 6.07) is 25.3. The van der Waals surface area contributed by atoms with Gasteiger partial charge in [0.05, 0.1) is 0 Å². The Balaban J connectivity index is 0.00000110. The fraction of sp³-hybridized carbons (Fsp3) is 0.105. The Morgan fingerprint density at radius 3 is 1.67 bits per heavy atom. The molecule has 1 heterocycles. The summed E-state index contributed by atoms with van der Waals surface area (Å²) in [5, 5.41) is 0. The molecule has 0 saturated carbocycles. The standard InChI is InChI=1S/C18H16N.CH4.ClH/c1-3-7-16(8-4-1)15-19-13-11-18(12-14-19)17-9-5-2-6-10-17;;/h1-14H,15H2;1H4;1H/q+1;;/p-1. The van der Waals surface area contributed by atoms with E-state index in [1.54, 1.807) is 0 Å². The third-order valence-electron chi connectivity index (χ3n) is 3.21. The number of hydrogen-bond donors (Lipinski definition) is 0. The van der Waals surface area contributed by atoms with Gasteiger partial charge in [-0.1, -0.05) is 68.1 Å². The first-order valence-electron chi connectivity index (χ1n) is 6.50. The number of halogens is 1. The Morgan fingerprint density at radius 2 is 1.10 bits per heavy atom. The maximum absolute atomic E-state index is 2.20. The molecular formula is C19H20ClN. The van der Waals surface area contributed by atoms with E-state index >= 15 is 0 Å². The van der Waals surface area contributed by atoms with Crippen molar-refractivity contribution < 1.29 is 17.0 Å². The minimum absolute atomic E-state index is 0. The average Bonchev–Trinajstić information content (AvgIpc) is 2.50. The average molecular weight is 298 g/mol. The van der Waals surface area contributed by atoms with Gasteiger partial charge < -0.3 is 12.4 Å². The van der Waals surface area contributed by atoms with E-state index < -0.39 is 0 Å². The molecule has 0 unspecified atom stereocenters. The number of hydrogen-bond acceptors (Lipinski definition) is 0. The summed E-state index contributed by atoms with van der Waals surface area (Å²) in [7, 11) is 0. The summed E-state index contributed by atoms with van der Waals surface area (Å²) in [6.07, 6.45) is 4.27. The molecule has 21 heavy (non-hydrogen) atoms. The van der Waals surface area contributed by atoms with Crippen LogP contribution < -0.4 is 17.0 Å². The van der Waals surface area contributed by atoms with Gasteiger partial charge in [0.25, 0.3) is 0 Å². The van der Waals surface area contributed by atoms with E-state index in [2.05, 4.69) is 77.6 Å². The van der Waals surface area contributed by atoms with Crippen molar-refractivity contribution in [1.82, 2.24) is 0 Å². The minimum Gasteiger partial charge on any atom is -1.00 e. The van der Waals surface area contributed by atoms with E-state index in [4.69, 9.17) is 0 Å². The molecule has 2 aromatic carbocycles. The van der Waals surface area contributed by atoms with Crippen molar-refractivity contribution in [2.45, 2.75) is 14.0 Å². The highest BCUT2D eigenvalue weighted by atomic mass is 35.5. The zero-order chi connectivity index (χ0) is 12.9. The Bertz CT molecular complexity index is 633. The lowest BCUT2D eigenvalue weighted by atomic mass is 10.1. The number of rotatable bonds is 3. The van der Waals surface area contributed by atoms with Crippen molar-refractivity contribution in [2.75, 3.05) is 0 Å². The molecule has 0 fully saturated rings. The monoisotopic (exact) mass is 297 g/mol. The quantitative estimate of drug-likeness (QED) is 0.642. The lowest BCUT2D eigenvalue weighted by Gasteiger charge is -2.01. The Labute approximate surface area is 133 Å². The van der Waals surface area contributed by atoms with Crippen LogP contribution in [0.25, 0.3) is 11.1 Å². The van der Waals surface area contributed by atoms with Crippen molar-refractivity contribution in [1.29, 1.82) is 0 Å². The third-order valence-corrected chi connectivity index (χ3v) is 3.21. The summed E-state index contributed by atoms with van der Waals surface area (Å²) in [5.41, 5.74) is 3.83. The van der Waals surface area contributed by atoms with Crippen LogP contribution in [0.4, 0.5) is 0 Å².